The first-order valence-electron chi connectivity index (χ1n) is 6.99. The highest BCUT2D eigenvalue weighted by molar-refractivity contribution is 7.92. The van der Waals surface area contributed by atoms with E-state index in [4.69, 9.17) is 8.94 Å². The molecule has 0 bridgehead atoms. The normalized spacial score (nSPS) is 11.6. The molecule has 0 unspecified atom stereocenters. The number of nitrogens with zero attached hydrogens (tertiary/aromatic N) is 1. The SMILES string of the molecule is Cc1cc(-c2ccc(S(=O)(=O)Nc3cccc(C)c3C)o2)on1. The Morgan fingerprint density at radius 3 is 2.52 bits per heavy atom. The first-order chi connectivity index (χ1) is 10.9. The molecule has 0 aliphatic rings. The van der Waals surface area contributed by atoms with Gasteiger partial charge in [-0.15, -0.1) is 0 Å². The van der Waals surface area contributed by atoms with Crippen LogP contribution in [0.5, 0.6) is 0 Å². The Hall–Kier alpha value is -2.54. The van der Waals surface area contributed by atoms with Gasteiger partial charge in [0.2, 0.25) is 10.9 Å². The molecule has 1 aromatic carbocycles. The Kier molecular flexibility index (Phi) is 3.73. The van der Waals surface area contributed by atoms with Crippen molar-refractivity contribution in [3.63, 3.8) is 0 Å². The van der Waals surface area contributed by atoms with Gasteiger partial charge in [-0.05, 0) is 50.1 Å². The van der Waals surface area contributed by atoms with E-state index in [0.717, 1.165) is 11.1 Å². The molecule has 0 aliphatic heterocycles. The topological polar surface area (TPSA) is 85.3 Å². The van der Waals surface area contributed by atoms with Gasteiger partial charge >= 0.3 is 0 Å². The second-order valence-corrected chi connectivity index (χ2v) is 6.92. The number of sulfonamides is 1. The Bertz CT molecular complexity index is 954. The van der Waals surface area contributed by atoms with Crippen molar-refractivity contribution in [3.05, 3.63) is 53.2 Å². The molecule has 0 aliphatic carbocycles. The lowest BCUT2D eigenvalue weighted by molar-refractivity contribution is 0.398. The maximum Gasteiger partial charge on any atom is 0.295 e. The Morgan fingerprint density at radius 2 is 1.83 bits per heavy atom. The van der Waals surface area contributed by atoms with Crippen LogP contribution in [0.15, 0.2) is 50.4 Å². The summed E-state index contributed by atoms with van der Waals surface area (Å²) in [5.74, 6) is 0.697. The fourth-order valence-electron chi connectivity index (χ4n) is 2.13. The molecular weight excluding hydrogens is 316 g/mol. The lowest BCUT2D eigenvalue weighted by Crippen LogP contribution is -2.13. The number of aryl methyl sites for hydroxylation is 2. The minimum atomic E-state index is -3.81. The summed E-state index contributed by atoms with van der Waals surface area (Å²) in [5.41, 5.74) is 3.09. The maximum atomic E-state index is 12.5. The molecule has 3 aromatic rings. The fraction of sp³-hybridized carbons (Fsp3) is 0.188. The van der Waals surface area contributed by atoms with Crippen LogP contribution in [0.3, 0.4) is 0 Å². The maximum absolute atomic E-state index is 12.5. The standard InChI is InChI=1S/C16H16N2O4S/c1-10-5-4-6-13(12(10)3)18-23(19,20)16-8-7-14(21-16)15-9-11(2)17-22-15/h4-9,18H,1-3H3. The monoisotopic (exact) mass is 332 g/mol. The molecule has 1 N–H and O–H groups in total. The molecular formula is C16H16N2O4S. The van der Waals surface area contributed by atoms with Gasteiger partial charge in [-0.2, -0.15) is 8.42 Å². The van der Waals surface area contributed by atoms with Crippen LogP contribution < -0.4 is 4.72 Å². The zero-order chi connectivity index (χ0) is 16.6. The van der Waals surface area contributed by atoms with Crippen LogP contribution >= 0.6 is 0 Å². The smallest absolute Gasteiger partial charge is 0.295 e. The van der Waals surface area contributed by atoms with Gasteiger partial charge in [-0.25, -0.2) is 0 Å². The van der Waals surface area contributed by atoms with Crippen molar-refractivity contribution in [2.24, 2.45) is 0 Å². The van der Waals surface area contributed by atoms with Gasteiger partial charge < -0.3 is 8.94 Å². The van der Waals surface area contributed by atoms with Gasteiger partial charge in [-0.1, -0.05) is 17.3 Å². The van der Waals surface area contributed by atoms with E-state index in [1.807, 2.05) is 19.9 Å². The summed E-state index contributed by atoms with van der Waals surface area (Å²) < 4.78 is 38.0. The molecule has 0 saturated carbocycles. The predicted octanol–water partition coefficient (Wildman–Crippen LogP) is 3.66. The number of benzene rings is 1. The van der Waals surface area contributed by atoms with Crippen molar-refractivity contribution in [2.75, 3.05) is 4.72 Å². The highest BCUT2D eigenvalue weighted by Crippen LogP contribution is 2.27. The average Bonchev–Trinajstić information content (AvgIpc) is 3.12. The molecule has 3 rings (SSSR count). The molecule has 0 fully saturated rings. The van der Waals surface area contributed by atoms with Crippen LogP contribution in [0, 0.1) is 20.8 Å². The number of aromatic nitrogens is 1. The van der Waals surface area contributed by atoms with Crippen LogP contribution in [0.4, 0.5) is 5.69 Å². The summed E-state index contributed by atoms with van der Waals surface area (Å²) in [6.45, 7) is 5.55. The van der Waals surface area contributed by atoms with Gasteiger partial charge in [0.25, 0.3) is 10.0 Å². The number of rotatable bonds is 4. The molecule has 0 atom stereocenters. The van der Waals surface area contributed by atoms with E-state index in [0.29, 0.717) is 22.9 Å². The summed E-state index contributed by atoms with van der Waals surface area (Å²) in [5, 5.41) is 3.58. The first-order valence-corrected chi connectivity index (χ1v) is 8.48. The number of hydrogen-bond acceptors (Lipinski definition) is 5. The second-order valence-electron chi connectivity index (χ2n) is 5.30. The average molecular weight is 332 g/mol. The second kappa shape index (κ2) is 5.58. The van der Waals surface area contributed by atoms with Crippen LogP contribution in [0.1, 0.15) is 16.8 Å². The molecule has 6 nitrogen and oxygen atoms in total. The molecule has 2 heterocycles. The molecule has 7 heteroatoms. The Morgan fingerprint density at radius 1 is 1.04 bits per heavy atom. The number of furan rings is 1. The van der Waals surface area contributed by atoms with Crippen LogP contribution in [-0.4, -0.2) is 13.6 Å². The van der Waals surface area contributed by atoms with E-state index in [1.165, 1.54) is 12.1 Å². The van der Waals surface area contributed by atoms with E-state index >= 15 is 0 Å². The number of nitrogens with one attached hydrogen (secondary N) is 1. The van der Waals surface area contributed by atoms with Crippen LogP contribution in [0.2, 0.25) is 0 Å². The first kappa shape index (κ1) is 15.4. The lowest BCUT2D eigenvalue weighted by Gasteiger charge is -2.10. The van der Waals surface area contributed by atoms with Crippen molar-refractivity contribution in [2.45, 2.75) is 25.9 Å². The summed E-state index contributed by atoms with van der Waals surface area (Å²) in [4.78, 5) is 0. The van der Waals surface area contributed by atoms with E-state index in [-0.39, 0.29) is 5.09 Å². The van der Waals surface area contributed by atoms with Crippen molar-refractivity contribution in [1.82, 2.24) is 5.16 Å². The molecule has 0 amide bonds. The molecule has 0 saturated heterocycles. The van der Waals surface area contributed by atoms with Gasteiger partial charge in [-0.3, -0.25) is 4.72 Å². The van der Waals surface area contributed by atoms with Crippen molar-refractivity contribution < 1.29 is 17.4 Å². The van der Waals surface area contributed by atoms with Crippen molar-refractivity contribution in [1.29, 1.82) is 0 Å². The van der Waals surface area contributed by atoms with Gasteiger partial charge in [0, 0.05) is 6.07 Å². The highest BCUT2D eigenvalue weighted by Gasteiger charge is 2.21. The van der Waals surface area contributed by atoms with E-state index in [1.54, 1.807) is 25.1 Å². The third-order valence-electron chi connectivity index (χ3n) is 3.57. The number of hydrogen-bond donors (Lipinski definition) is 1. The summed E-state index contributed by atoms with van der Waals surface area (Å²) in [7, 11) is -3.81. The van der Waals surface area contributed by atoms with Gasteiger partial charge in [0.15, 0.2) is 5.76 Å². The predicted molar refractivity (Wildman–Crippen MR) is 85.7 cm³/mol. The fourth-order valence-corrected chi connectivity index (χ4v) is 3.19. The summed E-state index contributed by atoms with van der Waals surface area (Å²) in [6, 6.07) is 10.0. The molecule has 120 valence electrons. The quantitative estimate of drug-likeness (QED) is 0.788. The Balaban J connectivity index is 1.91. The van der Waals surface area contributed by atoms with Crippen LogP contribution in [-0.2, 0) is 10.0 Å². The van der Waals surface area contributed by atoms with Gasteiger partial charge in [0.05, 0.1) is 11.4 Å². The third kappa shape index (κ3) is 3.00. The van der Waals surface area contributed by atoms with E-state index < -0.39 is 10.0 Å². The lowest BCUT2D eigenvalue weighted by atomic mass is 10.1. The zero-order valence-electron chi connectivity index (χ0n) is 13.0. The third-order valence-corrected chi connectivity index (χ3v) is 4.80. The Labute approximate surface area is 134 Å². The number of anilines is 1. The minimum Gasteiger partial charge on any atom is -0.439 e. The molecule has 2 aromatic heterocycles. The zero-order valence-corrected chi connectivity index (χ0v) is 13.8. The minimum absolute atomic E-state index is 0.178. The van der Waals surface area contributed by atoms with Gasteiger partial charge in [0.1, 0.15) is 0 Å². The summed E-state index contributed by atoms with van der Waals surface area (Å²) in [6.07, 6.45) is 0. The van der Waals surface area contributed by atoms with E-state index in [2.05, 4.69) is 9.88 Å². The molecule has 0 radical (unpaired) electrons. The van der Waals surface area contributed by atoms with Crippen molar-refractivity contribution in [3.8, 4) is 11.5 Å². The molecule has 0 spiro atoms. The summed E-state index contributed by atoms with van der Waals surface area (Å²) >= 11 is 0. The van der Waals surface area contributed by atoms with E-state index in [9.17, 15) is 8.42 Å². The largest absolute Gasteiger partial charge is 0.439 e. The highest BCUT2D eigenvalue weighted by atomic mass is 32.2. The molecule has 23 heavy (non-hydrogen) atoms. The van der Waals surface area contributed by atoms with Crippen molar-refractivity contribution >= 4 is 15.7 Å². The van der Waals surface area contributed by atoms with Crippen LogP contribution in [0.25, 0.3) is 11.5 Å².